The molecule has 2 saturated heterocycles. The van der Waals surface area contributed by atoms with Crippen LogP contribution in [0.3, 0.4) is 0 Å². The third-order valence-corrected chi connectivity index (χ3v) is 10.7. The Balaban J connectivity index is 1.84. The molecule has 4 rings (SSSR count). The molecule has 0 bridgehead atoms. The summed E-state index contributed by atoms with van der Waals surface area (Å²) >= 11 is 0. The van der Waals surface area contributed by atoms with E-state index in [2.05, 4.69) is 16.0 Å². The van der Waals surface area contributed by atoms with E-state index in [0.29, 0.717) is 24.8 Å². The zero-order chi connectivity index (χ0) is 41.3. The minimum Gasteiger partial charge on any atom is -0.508 e. The van der Waals surface area contributed by atoms with Crippen LogP contribution in [0.1, 0.15) is 84.8 Å². The van der Waals surface area contributed by atoms with Gasteiger partial charge in [-0.05, 0) is 73.1 Å². The molecule has 13 nitrogen and oxygen atoms in total. The summed E-state index contributed by atoms with van der Waals surface area (Å²) in [6, 6.07) is 9.50. The summed E-state index contributed by atoms with van der Waals surface area (Å²) in [4.78, 5) is 90.7. The van der Waals surface area contributed by atoms with E-state index >= 15 is 0 Å². The highest BCUT2D eigenvalue weighted by molar-refractivity contribution is 5.98. The Labute approximate surface area is 331 Å². The first kappa shape index (κ1) is 43.8. The Morgan fingerprint density at radius 3 is 1.71 bits per heavy atom. The topological polar surface area (TPSA) is 168 Å². The molecular formula is C43H62N6O7. The maximum atomic E-state index is 14.6. The standard InChI is InChI=1S/C43H62N6O7/c1-26(2)21-33-42(55)49-20-12-15-35(49)39(52)46-34(25-30-16-18-31(50)19-17-30)41(54)48(8)37(23-28(5)6)43(56)47(7)36(22-27(3)4)40(53)44-32(38(51)45-33)24-29-13-10-9-11-14-29/h9-11,13-14,16-19,26-28,32-37,50H,12,15,20-25H2,1-8H3,(H,44,53)(H,45,51)(H,46,52)/t32-,33-,34-,35-,36+,37-/m0/s1. The number of hydrogen-bond acceptors (Lipinski definition) is 7. The Morgan fingerprint density at radius 1 is 0.589 bits per heavy atom. The third kappa shape index (κ3) is 11.5. The molecule has 0 spiro atoms. The fourth-order valence-corrected chi connectivity index (χ4v) is 7.68. The molecule has 2 fully saturated rings. The van der Waals surface area contributed by atoms with Crippen molar-refractivity contribution in [1.82, 2.24) is 30.7 Å². The van der Waals surface area contributed by atoms with Crippen molar-refractivity contribution in [3.05, 3.63) is 65.7 Å². The monoisotopic (exact) mass is 774 g/mol. The van der Waals surface area contributed by atoms with Crippen LogP contribution in [0.25, 0.3) is 0 Å². The van der Waals surface area contributed by atoms with Crippen molar-refractivity contribution in [1.29, 1.82) is 0 Å². The van der Waals surface area contributed by atoms with Gasteiger partial charge in [-0.15, -0.1) is 0 Å². The molecule has 2 aliphatic rings. The number of rotatable bonds is 10. The molecule has 2 aliphatic heterocycles. The van der Waals surface area contributed by atoms with E-state index in [1.165, 1.54) is 33.9 Å². The van der Waals surface area contributed by atoms with Gasteiger partial charge >= 0.3 is 0 Å². The van der Waals surface area contributed by atoms with Gasteiger partial charge < -0.3 is 35.8 Å². The highest BCUT2D eigenvalue weighted by Gasteiger charge is 2.42. The lowest BCUT2D eigenvalue weighted by atomic mass is 9.96. The number of hydrogen-bond donors (Lipinski definition) is 4. The number of carbonyl (C=O) groups is 6. The van der Waals surface area contributed by atoms with Crippen molar-refractivity contribution in [3.8, 4) is 5.75 Å². The van der Waals surface area contributed by atoms with Gasteiger partial charge in [0.15, 0.2) is 0 Å². The van der Waals surface area contributed by atoms with Crippen LogP contribution in [0, 0.1) is 17.8 Å². The van der Waals surface area contributed by atoms with E-state index in [-0.39, 0.29) is 55.7 Å². The van der Waals surface area contributed by atoms with E-state index in [0.717, 1.165) is 5.56 Å². The Bertz CT molecular complexity index is 1680. The van der Waals surface area contributed by atoms with Crippen LogP contribution in [0.2, 0.25) is 0 Å². The van der Waals surface area contributed by atoms with Crippen molar-refractivity contribution in [3.63, 3.8) is 0 Å². The molecule has 6 atom stereocenters. The molecular weight excluding hydrogens is 713 g/mol. The van der Waals surface area contributed by atoms with Gasteiger partial charge in [-0.25, -0.2) is 0 Å². The van der Waals surface area contributed by atoms with E-state index in [4.69, 9.17) is 0 Å². The van der Waals surface area contributed by atoms with Gasteiger partial charge in [0.05, 0.1) is 0 Å². The molecule has 6 amide bonds. The van der Waals surface area contributed by atoms with Crippen molar-refractivity contribution in [2.24, 2.45) is 17.8 Å². The van der Waals surface area contributed by atoms with Crippen LogP contribution in [-0.2, 0) is 41.6 Å². The minimum absolute atomic E-state index is 0.00382. The first-order valence-corrected chi connectivity index (χ1v) is 20.0. The largest absolute Gasteiger partial charge is 0.508 e. The predicted molar refractivity (Wildman–Crippen MR) is 214 cm³/mol. The fourth-order valence-electron chi connectivity index (χ4n) is 7.68. The van der Waals surface area contributed by atoms with Crippen LogP contribution in [0.15, 0.2) is 54.6 Å². The number of amides is 6. The van der Waals surface area contributed by atoms with Crippen LogP contribution >= 0.6 is 0 Å². The second-order valence-electron chi connectivity index (χ2n) is 16.8. The van der Waals surface area contributed by atoms with Crippen molar-refractivity contribution >= 4 is 35.4 Å². The number of nitrogens with zero attached hydrogens (tertiary/aromatic N) is 3. The number of phenolic OH excluding ortho intramolecular Hbond substituents is 1. The summed E-state index contributed by atoms with van der Waals surface area (Å²) < 4.78 is 0. The molecule has 306 valence electrons. The number of phenols is 1. The molecule has 2 aromatic carbocycles. The number of aromatic hydroxyl groups is 1. The van der Waals surface area contributed by atoms with Crippen molar-refractivity contribution in [2.45, 2.75) is 123 Å². The Morgan fingerprint density at radius 2 is 1.11 bits per heavy atom. The maximum Gasteiger partial charge on any atom is 0.245 e. The number of likely N-dealkylation sites (N-methyl/N-ethyl adjacent to an activating group) is 2. The summed E-state index contributed by atoms with van der Waals surface area (Å²) in [7, 11) is 3.09. The average Bonchev–Trinajstić information content (AvgIpc) is 3.65. The van der Waals surface area contributed by atoms with Gasteiger partial charge in [0.2, 0.25) is 35.4 Å². The van der Waals surface area contributed by atoms with Crippen LogP contribution < -0.4 is 16.0 Å². The predicted octanol–water partition coefficient (Wildman–Crippen LogP) is 3.43. The first-order chi connectivity index (χ1) is 26.5. The highest BCUT2D eigenvalue weighted by Crippen LogP contribution is 2.24. The van der Waals surface area contributed by atoms with Crippen molar-refractivity contribution < 1.29 is 33.9 Å². The van der Waals surface area contributed by atoms with E-state index in [1.54, 1.807) is 19.2 Å². The van der Waals surface area contributed by atoms with Gasteiger partial charge in [-0.2, -0.15) is 0 Å². The number of fused-ring (bicyclic) bond motifs is 1. The van der Waals surface area contributed by atoms with E-state index < -0.39 is 71.7 Å². The summed E-state index contributed by atoms with van der Waals surface area (Å²) in [6.45, 7) is 11.9. The number of nitrogens with one attached hydrogen (secondary N) is 3. The van der Waals surface area contributed by atoms with Crippen molar-refractivity contribution in [2.75, 3.05) is 20.6 Å². The van der Waals surface area contributed by atoms with Crippen LogP contribution in [0.5, 0.6) is 5.75 Å². The lowest BCUT2D eigenvalue weighted by molar-refractivity contribution is -0.150. The molecule has 2 heterocycles. The molecule has 4 N–H and O–H groups in total. The van der Waals surface area contributed by atoms with Gasteiger partial charge in [0.25, 0.3) is 0 Å². The highest BCUT2D eigenvalue weighted by atomic mass is 16.3. The smallest absolute Gasteiger partial charge is 0.245 e. The van der Waals surface area contributed by atoms with E-state index in [1.807, 2.05) is 71.9 Å². The van der Waals surface area contributed by atoms with Gasteiger partial charge in [0, 0.05) is 33.5 Å². The summed E-state index contributed by atoms with van der Waals surface area (Å²) in [6.07, 6.45) is 1.95. The van der Waals surface area contributed by atoms with Crippen LogP contribution in [-0.4, -0.2) is 112 Å². The SMILES string of the molecule is CC(C)C[C@@H]1NC(=O)[C@H](Cc2ccccc2)NC(=O)[C@@H](CC(C)C)N(C)C(=O)[C@H](CC(C)C)N(C)C(=O)[C@H](Cc2ccc(O)cc2)NC(=O)[C@@H]2CCCN2C1=O. The quantitative estimate of drug-likeness (QED) is 0.287. The first-order valence-electron chi connectivity index (χ1n) is 20.0. The Kier molecular flexibility index (Phi) is 15.5. The Hall–Kier alpha value is -4.94. The summed E-state index contributed by atoms with van der Waals surface area (Å²) in [5.41, 5.74) is 1.46. The fraction of sp³-hybridized carbons (Fsp3) is 0.581. The molecule has 13 heteroatoms. The number of benzene rings is 2. The molecule has 2 aromatic rings. The third-order valence-electron chi connectivity index (χ3n) is 10.7. The van der Waals surface area contributed by atoms with Gasteiger partial charge in [-0.1, -0.05) is 84.0 Å². The lowest BCUT2D eigenvalue weighted by Crippen LogP contribution is -2.62. The molecule has 0 aromatic heterocycles. The minimum atomic E-state index is -1.12. The average molecular weight is 775 g/mol. The second kappa shape index (κ2) is 19.8. The molecule has 0 saturated carbocycles. The number of carbonyl (C=O) groups excluding carboxylic acids is 6. The maximum absolute atomic E-state index is 14.6. The lowest BCUT2D eigenvalue weighted by Gasteiger charge is -2.38. The normalized spacial score (nSPS) is 24.9. The molecule has 56 heavy (non-hydrogen) atoms. The van der Waals surface area contributed by atoms with Gasteiger partial charge in [-0.3, -0.25) is 28.8 Å². The van der Waals surface area contributed by atoms with Gasteiger partial charge in [0.1, 0.15) is 42.0 Å². The van der Waals surface area contributed by atoms with Crippen LogP contribution in [0.4, 0.5) is 0 Å². The summed E-state index contributed by atoms with van der Waals surface area (Å²) in [5.74, 6) is -2.93. The van der Waals surface area contributed by atoms with E-state index in [9.17, 15) is 33.9 Å². The molecule has 0 radical (unpaired) electrons. The molecule has 0 unspecified atom stereocenters. The zero-order valence-electron chi connectivity index (χ0n) is 34.3. The second-order valence-corrected chi connectivity index (χ2v) is 16.8. The summed E-state index contributed by atoms with van der Waals surface area (Å²) in [5, 5.41) is 18.8. The zero-order valence-corrected chi connectivity index (χ0v) is 34.3. The molecule has 0 aliphatic carbocycles.